The smallest absolute Gasteiger partial charge is 0.251 e. The predicted molar refractivity (Wildman–Crippen MR) is 81.2 cm³/mol. The summed E-state index contributed by atoms with van der Waals surface area (Å²) in [5.41, 5.74) is 2.90. The lowest BCUT2D eigenvalue weighted by Gasteiger charge is -2.22. The van der Waals surface area contributed by atoms with Crippen LogP contribution in [0.1, 0.15) is 36.2 Å². The molecule has 2 atom stereocenters. The molecule has 1 fully saturated rings. The van der Waals surface area contributed by atoms with Gasteiger partial charge in [0.15, 0.2) is 0 Å². The molecule has 4 nitrogen and oxygen atoms in total. The van der Waals surface area contributed by atoms with Crippen LogP contribution >= 0.6 is 0 Å². The van der Waals surface area contributed by atoms with Crippen LogP contribution in [0.3, 0.4) is 0 Å². The van der Waals surface area contributed by atoms with Gasteiger partial charge < -0.3 is 15.4 Å². The maximum atomic E-state index is 11.9. The highest BCUT2D eigenvalue weighted by atomic mass is 16.5. The van der Waals surface area contributed by atoms with Crippen molar-refractivity contribution in [3.63, 3.8) is 0 Å². The highest BCUT2D eigenvalue weighted by Crippen LogP contribution is 2.23. The number of rotatable bonds is 5. The van der Waals surface area contributed by atoms with Crippen molar-refractivity contribution in [3.8, 4) is 0 Å². The van der Waals surface area contributed by atoms with Crippen LogP contribution in [0.25, 0.3) is 0 Å². The van der Waals surface area contributed by atoms with E-state index in [1.807, 2.05) is 25.1 Å². The van der Waals surface area contributed by atoms with E-state index in [4.69, 9.17) is 4.74 Å². The largest absolute Gasteiger partial charge is 0.382 e. The lowest BCUT2D eigenvalue weighted by Crippen LogP contribution is -2.27. The zero-order chi connectivity index (χ0) is 14.5. The number of anilines is 1. The Morgan fingerprint density at radius 2 is 2.30 bits per heavy atom. The molecule has 0 aromatic heterocycles. The van der Waals surface area contributed by atoms with Crippen LogP contribution in [-0.2, 0) is 4.74 Å². The molecular formula is C16H24N2O2. The standard InChI is InChI=1S/C16H24N2O2/c1-4-17-16(19)13-6-5-11(2)15(9-13)18-12(3)14-7-8-20-10-14/h5-6,9,12,14,18H,4,7-8,10H2,1-3H3,(H,17,19). The second-order valence-corrected chi connectivity index (χ2v) is 5.45. The van der Waals surface area contributed by atoms with Gasteiger partial charge in [0.25, 0.3) is 5.91 Å². The predicted octanol–water partition coefficient (Wildman–Crippen LogP) is 2.58. The molecule has 20 heavy (non-hydrogen) atoms. The van der Waals surface area contributed by atoms with Crippen LogP contribution in [0, 0.1) is 12.8 Å². The summed E-state index contributed by atoms with van der Waals surface area (Å²) in [7, 11) is 0. The molecule has 0 aliphatic carbocycles. The van der Waals surface area contributed by atoms with Gasteiger partial charge in [0.05, 0.1) is 6.61 Å². The SMILES string of the molecule is CCNC(=O)c1ccc(C)c(NC(C)C2CCOC2)c1. The van der Waals surface area contributed by atoms with Crippen molar-refractivity contribution < 1.29 is 9.53 Å². The molecule has 4 heteroatoms. The zero-order valence-electron chi connectivity index (χ0n) is 12.5. The maximum absolute atomic E-state index is 11.9. The average molecular weight is 276 g/mol. The van der Waals surface area contributed by atoms with Crippen LogP contribution < -0.4 is 10.6 Å². The molecule has 1 aliphatic heterocycles. The van der Waals surface area contributed by atoms with Crippen LogP contribution in [0.4, 0.5) is 5.69 Å². The monoisotopic (exact) mass is 276 g/mol. The molecule has 0 saturated carbocycles. The summed E-state index contributed by atoms with van der Waals surface area (Å²) in [4.78, 5) is 11.9. The Morgan fingerprint density at radius 3 is 2.95 bits per heavy atom. The fraction of sp³-hybridized carbons (Fsp3) is 0.562. The van der Waals surface area contributed by atoms with E-state index in [1.165, 1.54) is 0 Å². The lowest BCUT2D eigenvalue weighted by atomic mass is 9.99. The highest BCUT2D eigenvalue weighted by molar-refractivity contribution is 5.95. The van der Waals surface area contributed by atoms with Crippen molar-refractivity contribution in [1.82, 2.24) is 5.32 Å². The molecule has 2 unspecified atom stereocenters. The van der Waals surface area contributed by atoms with Crippen LogP contribution in [0.2, 0.25) is 0 Å². The first-order chi connectivity index (χ1) is 9.61. The normalized spacial score (nSPS) is 19.6. The Labute approximate surface area is 120 Å². The summed E-state index contributed by atoms with van der Waals surface area (Å²) in [6, 6.07) is 6.15. The number of benzene rings is 1. The van der Waals surface area contributed by atoms with Crippen molar-refractivity contribution in [2.75, 3.05) is 25.1 Å². The topological polar surface area (TPSA) is 50.4 Å². The number of ether oxygens (including phenoxy) is 1. The van der Waals surface area contributed by atoms with Gasteiger partial charge in [-0.05, 0) is 44.9 Å². The number of carbonyl (C=O) groups excluding carboxylic acids is 1. The van der Waals surface area contributed by atoms with Crippen LogP contribution in [-0.4, -0.2) is 31.7 Å². The summed E-state index contributed by atoms with van der Waals surface area (Å²) >= 11 is 0. The van der Waals surface area contributed by atoms with Gasteiger partial charge in [0.1, 0.15) is 0 Å². The van der Waals surface area contributed by atoms with Crippen molar-refractivity contribution >= 4 is 11.6 Å². The summed E-state index contributed by atoms with van der Waals surface area (Å²) in [5, 5.41) is 6.36. The first-order valence-electron chi connectivity index (χ1n) is 7.35. The fourth-order valence-electron chi connectivity index (χ4n) is 2.49. The Hall–Kier alpha value is -1.55. The van der Waals surface area contributed by atoms with E-state index in [0.717, 1.165) is 30.9 Å². The molecule has 2 rings (SSSR count). The minimum Gasteiger partial charge on any atom is -0.382 e. The molecule has 0 spiro atoms. The van der Waals surface area contributed by atoms with Gasteiger partial charge in [-0.15, -0.1) is 0 Å². The molecule has 2 N–H and O–H groups in total. The highest BCUT2D eigenvalue weighted by Gasteiger charge is 2.22. The third kappa shape index (κ3) is 3.51. The number of nitrogens with one attached hydrogen (secondary N) is 2. The Kier molecular flexibility index (Phi) is 5.01. The second-order valence-electron chi connectivity index (χ2n) is 5.45. The fourth-order valence-corrected chi connectivity index (χ4v) is 2.49. The third-order valence-corrected chi connectivity index (χ3v) is 3.89. The summed E-state index contributed by atoms with van der Waals surface area (Å²) in [5.74, 6) is 0.523. The van der Waals surface area contributed by atoms with Gasteiger partial charge in [0.2, 0.25) is 0 Å². The van der Waals surface area contributed by atoms with E-state index in [-0.39, 0.29) is 5.91 Å². The zero-order valence-corrected chi connectivity index (χ0v) is 12.5. The minimum atomic E-state index is -0.0209. The first-order valence-corrected chi connectivity index (χ1v) is 7.35. The van der Waals surface area contributed by atoms with Gasteiger partial charge >= 0.3 is 0 Å². The van der Waals surface area contributed by atoms with Crippen LogP contribution in [0.15, 0.2) is 18.2 Å². The van der Waals surface area contributed by atoms with Gasteiger partial charge in [-0.25, -0.2) is 0 Å². The van der Waals surface area contributed by atoms with Crippen molar-refractivity contribution in [1.29, 1.82) is 0 Å². The number of hydrogen-bond acceptors (Lipinski definition) is 3. The molecule has 1 heterocycles. The Balaban J connectivity index is 2.09. The van der Waals surface area contributed by atoms with Crippen molar-refractivity contribution in [2.24, 2.45) is 5.92 Å². The minimum absolute atomic E-state index is 0.0209. The lowest BCUT2D eigenvalue weighted by molar-refractivity contribution is 0.0956. The van der Waals surface area contributed by atoms with Gasteiger partial charge in [0, 0.05) is 36.4 Å². The van der Waals surface area contributed by atoms with E-state index in [0.29, 0.717) is 24.1 Å². The second kappa shape index (κ2) is 6.75. The quantitative estimate of drug-likeness (QED) is 0.869. The van der Waals surface area contributed by atoms with Crippen molar-refractivity contribution in [2.45, 2.75) is 33.2 Å². The van der Waals surface area contributed by atoms with Crippen LogP contribution in [0.5, 0.6) is 0 Å². The van der Waals surface area contributed by atoms with E-state index in [1.54, 1.807) is 0 Å². The summed E-state index contributed by atoms with van der Waals surface area (Å²) in [6.45, 7) is 8.48. The summed E-state index contributed by atoms with van der Waals surface area (Å²) in [6.07, 6.45) is 1.10. The molecule has 110 valence electrons. The molecule has 1 aromatic rings. The van der Waals surface area contributed by atoms with E-state index < -0.39 is 0 Å². The van der Waals surface area contributed by atoms with E-state index in [9.17, 15) is 4.79 Å². The maximum Gasteiger partial charge on any atom is 0.251 e. The Morgan fingerprint density at radius 1 is 1.50 bits per heavy atom. The van der Waals surface area contributed by atoms with Gasteiger partial charge in [-0.3, -0.25) is 4.79 Å². The third-order valence-electron chi connectivity index (χ3n) is 3.89. The number of aryl methyl sites for hydroxylation is 1. The van der Waals surface area contributed by atoms with Gasteiger partial charge in [-0.1, -0.05) is 6.07 Å². The average Bonchev–Trinajstić information content (AvgIpc) is 2.95. The first kappa shape index (κ1) is 14.9. The molecule has 1 aliphatic rings. The molecular weight excluding hydrogens is 252 g/mol. The molecule has 1 amide bonds. The molecule has 1 aromatic carbocycles. The van der Waals surface area contributed by atoms with E-state index >= 15 is 0 Å². The van der Waals surface area contributed by atoms with Gasteiger partial charge in [-0.2, -0.15) is 0 Å². The number of hydrogen-bond donors (Lipinski definition) is 2. The molecule has 0 radical (unpaired) electrons. The molecule has 1 saturated heterocycles. The number of carbonyl (C=O) groups is 1. The summed E-state index contributed by atoms with van der Waals surface area (Å²) < 4.78 is 5.44. The van der Waals surface area contributed by atoms with Crippen molar-refractivity contribution in [3.05, 3.63) is 29.3 Å². The molecule has 0 bridgehead atoms. The Bertz CT molecular complexity index is 468. The van der Waals surface area contributed by atoms with E-state index in [2.05, 4.69) is 24.5 Å². The number of amides is 1.